The van der Waals surface area contributed by atoms with Gasteiger partial charge in [0.25, 0.3) is 5.91 Å². The van der Waals surface area contributed by atoms with Gasteiger partial charge in [-0.05, 0) is 49.4 Å². The van der Waals surface area contributed by atoms with Crippen LogP contribution < -0.4 is 14.8 Å². The van der Waals surface area contributed by atoms with E-state index in [9.17, 15) is 4.79 Å². The van der Waals surface area contributed by atoms with Crippen LogP contribution in [0, 0.1) is 6.92 Å². The largest absolute Gasteiger partial charge is 0.454 e. The minimum absolute atomic E-state index is 0.186. The fourth-order valence-corrected chi connectivity index (χ4v) is 4.14. The minimum atomic E-state index is -0.186. The normalized spacial score (nSPS) is 12.2. The summed E-state index contributed by atoms with van der Waals surface area (Å²) in [6, 6.07) is 12.9. The molecule has 25 heavy (non-hydrogen) atoms. The summed E-state index contributed by atoms with van der Waals surface area (Å²) >= 11 is 3.24. The molecule has 0 atom stereocenters. The Bertz CT molecular complexity index is 922. The predicted octanol–water partition coefficient (Wildman–Crippen LogP) is 4.58. The standard InChI is InChI=1S/C18H14N2O3S2/c1-11-9-24-18(19-11)25-14-5-3-13(4-6-14)20-17(21)12-2-7-15-16(8-12)23-10-22-15/h2-9H,10H2,1H3,(H,20,21). The molecule has 7 heteroatoms. The first-order valence-electron chi connectivity index (χ1n) is 7.58. The number of hydrogen-bond donors (Lipinski definition) is 1. The molecule has 1 N–H and O–H groups in total. The second-order valence-corrected chi connectivity index (χ2v) is 7.58. The molecule has 2 aromatic carbocycles. The van der Waals surface area contributed by atoms with Gasteiger partial charge >= 0.3 is 0 Å². The maximum Gasteiger partial charge on any atom is 0.255 e. The Morgan fingerprint density at radius 3 is 2.72 bits per heavy atom. The summed E-state index contributed by atoms with van der Waals surface area (Å²) in [4.78, 5) is 17.9. The highest BCUT2D eigenvalue weighted by molar-refractivity contribution is 8.01. The van der Waals surface area contributed by atoms with E-state index in [1.165, 1.54) is 0 Å². The second kappa shape index (κ2) is 6.78. The molecule has 3 aromatic rings. The maximum atomic E-state index is 12.4. The molecule has 1 aliphatic heterocycles. The molecular formula is C18H14N2O3S2. The zero-order valence-corrected chi connectivity index (χ0v) is 14.9. The van der Waals surface area contributed by atoms with Gasteiger partial charge in [0.15, 0.2) is 15.8 Å². The third kappa shape index (κ3) is 3.62. The number of hydrogen-bond acceptors (Lipinski definition) is 6. The van der Waals surface area contributed by atoms with Crippen LogP contribution in [0.15, 0.2) is 57.1 Å². The smallest absolute Gasteiger partial charge is 0.255 e. The molecule has 0 spiro atoms. The van der Waals surface area contributed by atoms with Crippen LogP contribution in [0.2, 0.25) is 0 Å². The molecule has 0 bridgehead atoms. The molecule has 0 saturated heterocycles. The molecule has 1 aromatic heterocycles. The van der Waals surface area contributed by atoms with Gasteiger partial charge < -0.3 is 14.8 Å². The van der Waals surface area contributed by atoms with E-state index in [2.05, 4.69) is 10.3 Å². The SMILES string of the molecule is Cc1csc(Sc2ccc(NC(=O)c3ccc4c(c3)OCO4)cc2)n1. The lowest BCUT2D eigenvalue weighted by Crippen LogP contribution is -2.11. The molecular weight excluding hydrogens is 356 g/mol. The van der Waals surface area contributed by atoms with E-state index in [-0.39, 0.29) is 12.7 Å². The fourth-order valence-electron chi connectivity index (χ4n) is 2.33. The van der Waals surface area contributed by atoms with Crippen LogP contribution in [-0.2, 0) is 0 Å². The van der Waals surface area contributed by atoms with E-state index in [4.69, 9.17) is 9.47 Å². The van der Waals surface area contributed by atoms with Gasteiger partial charge in [0, 0.05) is 27.2 Å². The number of amides is 1. The number of aromatic nitrogens is 1. The zero-order valence-electron chi connectivity index (χ0n) is 13.3. The number of carbonyl (C=O) groups excluding carboxylic acids is 1. The summed E-state index contributed by atoms with van der Waals surface area (Å²) in [5, 5.41) is 4.92. The van der Waals surface area contributed by atoms with Crippen molar-refractivity contribution in [2.45, 2.75) is 16.2 Å². The minimum Gasteiger partial charge on any atom is -0.454 e. The van der Waals surface area contributed by atoms with Crippen molar-refractivity contribution in [1.29, 1.82) is 0 Å². The first-order valence-corrected chi connectivity index (χ1v) is 9.28. The van der Waals surface area contributed by atoms with E-state index < -0.39 is 0 Å². The maximum absolute atomic E-state index is 12.4. The summed E-state index contributed by atoms with van der Waals surface area (Å²) in [6.45, 7) is 2.17. The number of aryl methyl sites for hydroxylation is 1. The van der Waals surface area contributed by atoms with Crippen molar-refractivity contribution in [3.05, 3.63) is 59.1 Å². The molecule has 4 rings (SSSR count). The highest BCUT2D eigenvalue weighted by Crippen LogP contribution is 2.33. The summed E-state index contributed by atoms with van der Waals surface area (Å²) in [5.74, 6) is 1.07. The first kappa shape index (κ1) is 16.0. The first-order chi connectivity index (χ1) is 12.2. The van der Waals surface area contributed by atoms with Crippen LogP contribution in [-0.4, -0.2) is 17.7 Å². The highest BCUT2D eigenvalue weighted by Gasteiger charge is 2.16. The van der Waals surface area contributed by atoms with Crippen molar-refractivity contribution in [1.82, 2.24) is 4.98 Å². The number of nitrogens with one attached hydrogen (secondary N) is 1. The molecule has 126 valence electrons. The van der Waals surface area contributed by atoms with E-state index in [1.807, 2.05) is 36.6 Å². The second-order valence-electron chi connectivity index (χ2n) is 5.40. The number of benzene rings is 2. The van der Waals surface area contributed by atoms with Gasteiger partial charge in [-0.2, -0.15) is 0 Å². The number of thiazole rings is 1. The molecule has 0 radical (unpaired) electrons. The van der Waals surface area contributed by atoms with Crippen LogP contribution in [0.5, 0.6) is 11.5 Å². The Kier molecular flexibility index (Phi) is 4.33. The Morgan fingerprint density at radius 2 is 1.96 bits per heavy atom. The fraction of sp³-hybridized carbons (Fsp3) is 0.111. The van der Waals surface area contributed by atoms with Gasteiger partial charge in [-0.1, -0.05) is 11.8 Å². The molecule has 5 nitrogen and oxygen atoms in total. The van der Waals surface area contributed by atoms with Gasteiger partial charge in [0.2, 0.25) is 6.79 Å². The zero-order chi connectivity index (χ0) is 17.2. The molecule has 1 aliphatic rings. The van der Waals surface area contributed by atoms with Crippen molar-refractivity contribution < 1.29 is 14.3 Å². The molecule has 0 fully saturated rings. The van der Waals surface area contributed by atoms with Crippen molar-refractivity contribution >= 4 is 34.7 Å². The number of anilines is 1. The monoisotopic (exact) mass is 370 g/mol. The number of carbonyl (C=O) groups is 1. The van der Waals surface area contributed by atoms with Gasteiger partial charge in [-0.25, -0.2) is 4.98 Å². The summed E-state index contributed by atoms with van der Waals surface area (Å²) < 4.78 is 11.6. The van der Waals surface area contributed by atoms with Crippen molar-refractivity contribution in [2.24, 2.45) is 0 Å². The van der Waals surface area contributed by atoms with Gasteiger partial charge in [0.05, 0.1) is 0 Å². The number of ether oxygens (including phenoxy) is 2. The molecule has 0 aliphatic carbocycles. The Hall–Kier alpha value is -2.51. The van der Waals surface area contributed by atoms with Gasteiger partial charge in [-0.3, -0.25) is 4.79 Å². The van der Waals surface area contributed by atoms with Crippen LogP contribution >= 0.6 is 23.1 Å². The van der Waals surface area contributed by atoms with Crippen molar-refractivity contribution in [3.63, 3.8) is 0 Å². The molecule has 0 unspecified atom stereocenters. The molecule has 2 heterocycles. The summed E-state index contributed by atoms with van der Waals surface area (Å²) in [5.41, 5.74) is 2.29. The van der Waals surface area contributed by atoms with Crippen molar-refractivity contribution in [3.8, 4) is 11.5 Å². The predicted molar refractivity (Wildman–Crippen MR) is 97.9 cm³/mol. The lowest BCUT2D eigenvalue weighted by atomic mass is 10.2. The van der Waals surface area contributed by atoms with E-state index in [0.29, 0.717) is 17.1 Å². The lowest BCUT2D eigenvalue weighted by molar-refractivity contribution is 0.102. The van der Waals surface area contributed by atoms with E-state index >= 15 is 0 Å². The van der Waals surface area contributed by atoms with E-state index in [0.717, 1.165) is 20.6 Å². The third-order valence-electron chi connectivity index (χ3n) is 3.55. The number of nitrogens with zero attached hydrogens (tertiary/aromatic N) is 1. The Morgan fingerprint density at radius 1 is 1.16 bits per heavy atom. The van der Waals surface area contributed by atoms with Crippen LogP contribution in [0.3, 0.4) is 0 Å². The summed E-state index contributed by atoms with van der Waals surface area (Å²) in [7, 11) is 0. The summed E-state index contributed by atoms with van der Waals surface area (Å²) in [6.07, 6.45) is 0. The highest BCUT2D eigenvalue weighted by atomic mass is 32.2. The lowest BCUT2D eigenvalue weighted by Gasteiger charge is -2.07. The third-order valence-corrected chi connectivity index (χ3v) is 5.61. The van der Waals surface area contributed by atoms with Gasteiger partial charge in [-0.15, -0.1) is 11.3 Å². The van der Waals surface area contributed by atoms with Crippen LogP contribution in [0.4, 0.5) is 5.69 Å². The Labute approximate surface area is 153 Å². The number of rotatable bonds is 4. The van der Waals surface area contributed by atoms with Crippen molar-refractivity contribution in [2.75, 3.05) is 12.1 Å². The van der Waals surface area contributed by atoms with E-state index in [1.54, 1.807) is 41.3 Å². The average Bonchev–Trinajstić information content (AvgIpc) is 3.24. The Balaban J connectivity index is 1.43. The molecule has 1 amide bonds. The van der Waals surface area contributed by atoms with Crippen LogP contribution in [0.1, 0.15) is 16.1 Å². The van der Waals surface area contributed by atoms with Gasteiger partial charge in [0.1, 0.15) is 0 Å². The quantitative estimate of drug-likeness (QED) is 0.728. The number of fused-ring (bicyclic) bond motifs is 1. The topological polar surface area (TPSA) is 60.5 Å². The average molecular weight is 370 g/mol. The molecule has 0 saturated carbocycles. The van der Waals surface area contributed by atoms with Crippen LogP contribution in [0.25, 0.3) is 0 Å².